The van der Waals surface area contributed by atoms with Crippen LogP contribution in [0.15, 0.2) is 192 Å². The van der Waals surface area contributed by atoms with Crippen LogP contribution in [0.1, 0.15) is 0 Å². The molecule has 0 amide bonds. The Morgan fingerprint density at radius 1 is 0.410 bits per heavy atom. The first-order valence-corrected chi connectivity index (χ1v) is 21.1. The molecule has 61 heavy (non-hydrogen) atoms. The van der Waals surface area contributed by atoms with Crippen LogP contribution >= 0.6 is 11.3 Å². The maximum atomic E-state index is 6.61. The van der Waals surface area contributed by atoms with E-state index in [9.17, 15) is 0 Å². The van der Waals surface area contributed by atoms with E-state index in [1.807, 2.05) is 30.3 Å². The smallest absolute Gasteiger partial charge is 0.227 e. The third-order valence-corrected chi connectivity index (χ3v) is 13.0. The van der Waals surface area contributed by atoms with Crippen molar-refractivity contribution in [2.45, 2.75) is 0 Å². The average Bonchev–Trinajstić information content (AvgIpc) is 4.04. The van der Waals surface area contributed by atoms with E-state index in [4.69, 9.17) is 24.4 Å². The SMILES string of the molecule is c1ccc(-c2nc3ccc4sc5ccc6ccc(-c7nc(-c8cccc(-n9c%10ccccc%10c%10ccccc%109)c8)nc(-c8cccc9ccccc89)n7)cc6c5c4c3o2)cc1. The van der Waals surface area contributed by atoms with E-state index in [0.717, 1.165) is 87.1 Å². The molecule has 0 aliphatic rings. The molecule has 0 saturated carbocycles. The van der Waals surface area contributed by atoms with Crippen molar-refractivity contribution in [3.63, 3.8) is 0 Å². The summed E-state index contributed by atoms with van der Waals surface area (Å²) in [6.45, 7) is 0. The summed E-state index contributed by atoms with van der Waals surface area (Å²) in [5.74, 6) is 2.44. The molecule has 4 aromatic heterocycles. The molecule has 0 N–H and O–H groups in total. The highest BCUT2D eigenvalue weighted by atomic mass is 32.1. The fourth-order valence-corrected chi connectivity index (χ4v) is 10.2. The molecule has 0 spiro atoms. The number of oxazole rings is 1. The average molecular weight is 798 g/mol. The van der Waals surface area contributed by atoms with Crippen LogP contribution in [0.25, 0.3) is 126 Å². The van der Waals surface area contributed by atoms with Gasteiger partial charge in [-0.15, -0.1) is 11.3 Å². The fraction of sp³-hybridized carbons (Fsp3) is 0. The number of hydrogen-bond donors (Lipinski definition) is 0. The summed E-state index contributed by atoms with van der Waals surface area (Å²) in [5, 5.41) is 9.09. The molecule has 4 heterocycles. The fourth-order valence-electron chi connectivity index (χ4n) is 9.06. The molecule has 0 unspecified atom stereocenters. The van der Waals surface area contributed by atoms with Crippen molar-refractivity contribution < 1.29 is 4.42 Å². The van der Waals surface area contributed by atoms with Gasteiger partial charge in [-0.2, -0.15) is 0 Å². The summed E-state index contributed by atoms with van der Waals surface area (Å²) < 4.78 is 11.3. The van der Waals surface area contributed by atoms with Gasteiger partial charge in [-0.05, 0) is 82.2 Å². The third kappa shape index (κ3) is 5.34. The minimum atomic E-state index is 0.602. The quantitative estimate of drug-likeness (QED) is 0.173. The second-order valence-corrected chi connectivity index (χ2v) is 16.5. The molecule has 284 valence electrons. The molecular weight excluding hydrogens is 767 g/mol. The minimum Gasteiger partial charge on any atom is -0.435 e. The molecule has 13 aromatic rings. The van der Waals surface area contributed by atoms with E-state index in [-0.39, 0.29) is 0 Å². The Kier molecular flexibility index (Phi) is 7.37. The molecule has 13 rings (SSSR count). The molecule has 6 nitrogen and oxygen atoms in total. The van der Waals surface area contributed by atoms with Crippen molar-refractivity contribution in [1.82, 2.24) is 24.5 Å². The van der Waals surface area contributed by atoms with Crippen LogP contribution in [-0.2, 0) is 0 Å². The van der Waals surface area contributed by atoms with Crippen molar-refractivity contribution in [2.75, 3.05) is 0 Å². The standard InChI is InChI=1S/C54H31N5OS/c1-2-13-34(14-3-1)54-55-43-27-29-47-49(50(43)60-54)48-42-31-36(25-24-33(42)26-28-46(48)61-47)52-56-51(57-53(58-52)41-21-11-15-32-12-4-5-18-38(32)41)35-16-10-17-37(30-35)59-44-22-8-6-19-39(44)40-20-7-9-23-45(40)59/h1-31H. The van der Waals surface area contributed by atoms with Crippen molar-refractivity contribution in [3.8, 4) is 51.3 Å². The van der Waals surface area contributed by atoms with Crippen LogP contribution in [0, 0.1) is 0 Å². The Balaban J connectivity index is 1.03. The molecule has 0 bridgehead atoms. The van der Waals surface area contributed by atoms with E-state index in [2.05, 4.69) is 162 Å². The van der Waals surface area contributed by atoms with Crippen LogP contribution < -0.4 is 0 Å². The van der Waals surface area contributed by atoms with Gasteiger partial charge in [0.05, 0.1) is 11.0 Å². The van der Waals surface area contributed by atoms with Gasteiger partial charge in [0.2, 0.25) is 5.89 Å². The van der Waals surface area contributed by atoms with Gasteiger partial charge >= 0.3 is 0 Å². The predicted octanol–water partition coefficient (Wildman–Crippen LogP) is 14.5. The lowest BCUT2D eigenvalue weighted by Gasteiger charge is -2.13. The second kappa shape index (κ2) is 13.3. The molecule has 0 fully saturated rings. The number of aromatic nitrogens is 5. The number of benzene rings is 9. The highest BCUT2D eigenvalue weighted by Gasteiger charge is 2.20. The van der Waals surface area contributed by atoms with Gasteiger partial charge in [0.1, 0.15) is 5.52 Å². The Morgan fingerprint density at radius 3 is 1.84 bits per heavy atom. The summed E-state index contributed by atoms with van der Waals surface area (Å²) in [7, 11) is 0. The lowest BCUT2D eigenvalue weighted by atomic mass is 10.0. The first-order chi connectivity index (χ1) is 30.2. The van der Waals surface area contributed by atoms with Gasteiger partial charge in [-0.1, -0.05) is 127 Å². The van der Waals surface area contributed by atoms with Crippen LogP contribution in [-0.4, -0.2) is 24.5 Å². The number of nitrogens with zero attached hydrogens (tertiary/aromatic N) is 5. The van der Waals surface area contributed by atoms with E-state index < -0.39 is 0 Å². The minimum absolute atomic E-state index is 0.602. The van der Waals surface area contributed by atoms with Gasteiger partial charge in [-0.25, -0.2) is 19.9 Å². The van der Waals surface area contributed by atoms with Gasteiger partial charge in [-0.3, -0.25) is 0 Å². The summed E-state index contributed by atoms with van der Waals surface area (Å²) in [6, 6.07) is 65.7. The zero-order valence-corrected chi connectivity index (χ0v) is 33.3. The zero-order chi connectivity index (χ0) is 40.0. The van der Waals surface area contributed by atoms with Gasteiger partial charge in [0.15, 0.2) is 23.1 Å². The highest BCUT2D eigenvalue weighted by Crippen LogP contribution is 2.44. The Hall–Kier alpha value is -8.00. The lowest BCUT2D eigenvalue weighted by Crippen LogP contribution is -2.01. The van der Waals surface area contributed by atoms with Gasteiger partial charge < -0.3 is 8.98 Å². The zero-order valence-electron chi connectivity index (χ0n) is 32.5. The van der Waals surface area contributed by atoms with Crippen molar-refractivity contribution in [2.24, 2.45) is 0 Å². The maximum Gasteiger partial charge on any atom is 0.227 e. The highest BCUT2D eigenvalue weighted by molar-refractivity contribution is 7.26. The van der Waals surface area contributed by atoms with E-state index in [1.54, 1.807) is 11.3 Å². The Labute approximate surface area is 352 Å². The molecule has 7 heteroatoms. The Morgan fingerprint density at radius 2 is 1.02 bits per heavy atom. The monoisotopic (exact) mass is 797 g/mol. The number of fused-ring (bicyclic) bond motifs is 11. The van der Waals surface area contributed by atoms with Gasteiger partial charge in [0, 0.05) is 58.9 Å². The third-order valence-electron chi connectivity index (χ3n) is 11.9. The summed E-state index contributed by atoms with van der Waals surface area (Å²) in [5.41, 5.74) is 8.68. The lowest BCUT2D eigenvalue weighted by molar-refractivity contribution is 0.623. The molecule has 0 aliphatic carbocycles. The summed E-state index contributed by atoms with van der Waals surface area (Å²) >= 11 is 1.77. The van der Waals surface area contributed by atoms with Crippen LogP contribution in [0.5, 0.6) is 0 Å². The van der Waals surface area contributed by atoms with Crippen molar-refractivity contribution in [3.05, 3.63) is 188 Å². The molecular formula is C54H31N5OS. The number of thiophene rings is 1. The topological polar surface area (TPSA) is 69.6 Å². The maximum absolute atomic E-state index is 6.61. The van der Waals surface area contributed by atoms with E-state index >= 15 is 0 Å². The molecule has 0 saturated heterocycles. The number of hydrogen-bond acceptors (Lipinski definition) is 6. The normalized spacial score (nSPS) is 11.9. The van der Waals surface area contributed by atoms with Gasteiger partial charge in [0.25, 0.3) is 0 Å². The predicted molar refractivity (Wildman–Crippen MR) is 251 cm³/mol. The van der Waals surface area contributed by atoms with Crippen LogP contribution in [0.2, 0.25) is 0 Å². The second-order valence-electron chi connectivity index (χ2n) is 15.4. The number of rotatable bonds is 5. The largest absolute Gasteiger partial charge is 0.435 e. The molecule has 0 atom stereocenters. The Bertz CT molecular complexity index is 3840. The molecule has 9 aromatic carbocycles. The van der Waals surface area contributed by atoms with Crippen molar-refractivity contribution in [1.29, 1.82) is 0 Å². The van der Waals surface area contributed by atoms with Crippen LogP contribution in [0.3, 0.4) is 0 Å². The van der Waals surface area contributed by atoms with E-state index in [1.165, 1.54) is 15.5 Å². The number of para-hydroxylation sites is 2. The first kappa shape index (κ1) is 33.9. The van der Waals surface area contributed by atoms with E-state index in [0.29, 0.717) is 23.4 Å². The molecule has 0 radical (unpaired) electrons. The summed E-state index contributed by atoms with van der Waals surface area (Å²) in [4.78, 5) is 20.7. The summed E-state index contributed by atoms with van der Waals surface area (Å²) in [6.07, 6.45) is 0. The molecule has 0 aliphatic heterocycles. The van der Waals surface area contributed by atoms with Crippen LogP contribution in [0.4, 0.5) is 0 Å². The van der Waals surface area contributed by atoms with Crippen molar-refractivity contribution >= 4 is 86.0 Å². The first-order valence-electron chi connectivity index (χ1n) is 20.3.